The number of alkyl halides is 3. The standard InChI is InChI=1S/C13H8BrF4NO/c14-10-3-2-8(6-11(10)15)20-12-4-1-7(19)5-9(12)13(16,17)18/h1-6H,19H2. The molecule has 2 N–H and O–H groups in total. The molecule has 0 saturated carbocycles. The van der Waals surface area contributed by atoms with Crippen molar-refractivity contribution in [3.05, 3.63) is 52.3 Å². The molecule has 0 bridgehead atoms. The highest BCUT2D eigenvalue weighted by Crippen LogP contribution is 2.39. The quantitative estimate of drug-likeness (QED) is 0.612. The van der Waals surface area contributed by atoms with Crippen LogP contribution in [0.5, 0.6) is 11.5 Å². The number of halogens is 5. The fourth-order valence-electron chi connectivity index (χ4n) is 1.53. The number of hydrogen-bond donors (Lipinski definition) is 1. The third-order valence-electron chi connectivity index (χ3n) is 2.43. The third kappa shape index (κ3) is 3.22. The van der Waals surface area contributed by atoms with Gasteiger partial charge in [0.05, 0.1) is 4.47 Å². The Bertz CT molecular complexity index is 643. The summed E-state index contributed by atoms with van der Waals surface area (Å²) in [5.41, 5.74) is 4.29. The van der Waals surface area contributed by atoms with Crippen LogP contribution < -0.4 is 10.5 Å². The average Bonchev–Trinajstić information content (AvgIpc) is 2.35. The Morgan fingerprint density at radius 3 is 2.35 bits per heavy atom. The minimum atomic E-state index is -4.61. The average molecular weight is 350 g/mol. The van der Waals surface area contributed by atoms with Crippen LogP contribution in [0.25, 0.3) is 0 Å². The zero-order chi connectivity index (χ0) is 14.9. The van der Waals surface area contributed by atoms with E-state index in [1.807, 2.05) is 0 Å². The van der Waals surface area contributed by atoms with Crippen molar-refractivity contribution in [1.29, 1.82) is 0 Å². The minimum absolute atomic E-state index is 0.0355. The van der Waals surface area contributed by atoms with Crippen LogP contribution in [0.15, 0.2) is 40.9 Å². The van der Waals surface area contributed by atoms with Gasteiger partial charge in [-0.1, -0.05) is 0 Å². The number of benzene rings is 2. The Labute approximate surface area is 120 Å². The second kappa shape index (κ2) is 5.32. The van der Waals surface area contributed by atoms with Crippen molar-refractivity contribution < 1.29 is 22.3 Å². The predicted molar refractivity (Wildman–Crippen MR) is 70.0 cm³/mol. The van der Waals surface area contributed by atoms with E-state index >= 15 is 0 Å². The summed E-state index contributed by atoms with van der Waals surface area (Å²) in [7, 11) is 0. The molecule has 0 aliphatic rings. The van der Waals surface area contributed by atoms with E-state index < -0.39 is 23.3 Å². The van der Waals surface area contributed by atoms with Crippen LogP contribution >= 0.6 is 15.9 Å². The molecule has 0 aromatic heterocycles. The number of nitrogen functional groups attached to an aromatic ring is 1. The molecule has 2 nitrogen and oxygen atoms in total. The Morgan fingerprint density at radius 2 is 1.75 bits per heavy atom. The van der Waals surface area contributed by atoms with Crippen molar-refractivity contribution in [2.75, 3.05) is 5.73 Å². The van der Waals surface area contributed by atoms with Crippen LogP contribution in [0.3, 0.4) is 0 Å². The number of anilines is 1. The van der Waals surface area contributed by atoms with Crippen molar-refractivity contribution >= 4 is 21.6 Å². The SMILES string of the molecule is Nc1ccc(Oc2ccc(Br)c(F)c2)c(C(F)(F)F)c1. The van der Waals surface area contributed by atoms with Gasteiger partial charge >= 0.3 is 6.18 Å². The lowest BCUT2D eigenvalue weighted by Crippen LogP contribution is -2.08. The number of nitrogens with two attached hydrogens (primary N) is 1. The van der Waals surface area contributed by atoms with E-state index in [-0.39, 0.29) is 15.9 Å². The molecule has 0 fully saturated rings. The molecule has 0 amide bonds. The smallest absolute Gasteiger partial charge is 0.420 e. The van der Waals surface area contributed by atoms with Crippen molar-refractivity contribution in [1.82, 2.24) is 0 Å². The van der Waals surface area contributed by atoms with E-state index in [1.165, 1.54) is 18.2 Å². The van der Waals surface area contributed by atoms with E-state index in [0.717, 1.165) is 18.2 Å². The lowest BCUT2D eigenvalue weighted by molar-refractivity contribution is -0.138. The Hall–Kier alpha value is -1.76. The zero-order valence-corrected chi connectivity index (χ0v) is 11.4. The molecule has 0 aliphatic carbocycles. The highest BCUT2D eigenvalue weighted by molar-refractivity contribution is 9.10. The lowest BCUT2D eigenvalue weighted by Gasteiger charge is -2.14. The topological polar surface area (TPSA) is 35.2 Å². The van der Waals surface area contributed by atoms with Crippen LogP contribution in [-0.2, 0) is 6.18 Å². The van der Waals surface area contributed by atoms with Crippen molar-refractivity contribution in [2.45, 2.75) is 6.18 Å². The summed E-state index contributed by atoms with van der Waals surface area (Å²) in [4.78, 5) is 0. The summed E-state index contributed by atoms with van der Waals surface area (Å²) in [6.07, 6.45) is -4.61. The maximum absolute atomic E-state index is 13.3. The van der Waals surface area contributed by atoms with Gasteiger partial charge in [0.15, 0.2) is 0 Å². The van der Waals surface area contributed by atoms with Gasteiger partial charge in [-0.2, -0.15) is 13.2 Å². The second-order valence-electron chi connectivity index (χ2n) is 3.93. The molecule has 20 heavy (non-hydrogen) atoms. The van der Waals surface area contributed by atoms with Crippen molar-refractivity contribution in [3.8, 4) is 11.5 Å². The van der Waals surface area contributed by atoms with Gasteiger partial charge in [-0.3, -0.25) is 0 Å². The van der Waals surface area contributed by atoms with Gasteiger partial charge in [-0.15, -0.1) is 0 Å². The van der Waals surface area contributed by atoms with E-state index in [1.54, 1.807) is 0 Å². The predicted octanol–water partition coefficient (Wildman–Crippen LogP) is 4.98. The molecule has 0 atom stereocenters. The van der Waals surface area contributed by atoms with E-state index in [9.17, 15) is 17.6 Å². The molecule has 0 heterocycles. The molecule has 0 aliphatic heterocycles. The fraction of sp³-hybridized carbons (Fsp3) is 0.0769. The molecule has 2 rings (SSSR count). The van der Waals surface area contributed by atoms with Gasteiger partial charge in [0.2, 0.25) is 0 Å². The Morgan fingerprint density at radius 1 is 1.05 bits per heavy atom. The Balaban J connectivity index is 2.40. The molecule has 7 heteroatoms. The molecule has 2 aromatic carbocycles. The lowest BCUT2D eigenvalue weighted by atomic mass is 10.1. The largest absolute Gasteiger partial charge is 0.457 e. The molecule has 0 unspecified atom stereocenters. The summed E-state index contributed by atoms with van der Waals surface area (Å²) in [6, 6.07) is 6.82. The van der Waals surface area contributed by atoms with Crippen LogP contribution in [0.4, 0.5) is 23.2 Å². The van der Waals surface area contributed by atoms with Crippen LogP contribution in [-0.4, -0.2) is 0 Å². The maximum Gasteiger partial charge on any atom is 0.420 e. The molecule has 0 saturated heterocycles. The normalized spacial score (nSPS) is 11.4. The van der Waals surface area contributed by atoms with Gasteiger partial charge in [0.1, 0.15) is 22.9 Å². The molecule has 2 aromatic rings. The summed E-state index contributed by atoms with van der Waals surface area (Å²) >= 11 is 2.94. The molecule has 0 spiro atoms. The summed E-state index contributed by atoms with van der Waals surface area (Å²) < 4.78 is 57.2. The first-order chi connectivity index (χ1) is 9.27. The first-order valence-electron chi connectivity index (χ1n) is 5.37. The van der Waals surface area contributed by atoms with Crippen molar-refractivity contribution in [2.24, 2.45) is 0 Å². The van der Waals surface area contributed by atoms with Gasteiger partial charge in [0, 0.05) is 11.8 Å². The molecule has 106 valence electrons. The van der Waals surface area contributed by atoms with Gasteiger partial charge < -0.3 is 10.5 Å². The van der Waals surface area contributed by atoms with E-state index in [2.05, 4.69) is 15.9 Å². The number of rotatable bonds is 2. The fourth-order valence-corrected chi connectivity index (χ4v) is 1.77. The molecule has 0 radical (unpaired) electrons. The second-order valence-corrected chi connectivity index (χ2v) is 4.79. The first-order valence-corrected chi connectivity index (χ1v) is 6.16. The maximum atomic E-state index is 13.3. The highest BCUT2D eigenvalue weighted by atomic mass is 79.9. The Kier molecular flexibility index (Phi) is 3.89. The number of ether oxygens (including phenoxy) is 1. The van der Waals surface area contributed by atoms with E-state index in [0.29, 0.717) is 0 Å². The first kappa shape index (κ1) is 14.6. The molecular weight excluding hydrogens is 342 g/mol. The number of hydrogen-bond acceptors (Lipinski definition) is 2. The summed E-state index contributed by atoms with van der Waals surface area (Å²) in [5.74, 6) is -1.11. The third-order valence-corrected chi connectivity index (χ3v) is 3.07. The molecular formula is C13H8BrF4NO. The van der Waals surface area contributed by atoms with Gasteiger partial charge in [-0.05, 0) is 46.3 Å². The van der Waals surface area contributed by atoms with Gasteiger partial charge in [0.25, 0.3) is 0 Å². The summed E-state index contributed by atoms with van der Waals surface area (Å²) in [5, 5.41) is 0. The van der Waals surface area contributed by atoms with Crippen molar-refractivity contribution in [3.63, 3.8) is 0 Å². The minimum Gasteiger partial charge on any atom is -0.457 e. The highest BCUT2D eigenvalue weighted by Gasteiger charge is 2.34. The van der Waals surface area contributed by atoms with Gasteiger partial charge in [-0.25, -0.2) is 4.39 Å². The zero-order valence-electron chi connectivity index (χ0n) is 9.84. The summed E-state index contributed by atoms with van der Waals surface area (Å²) in [6.45, 7) is 0. The van der Waals surface area contributed by atoms with Crippen LogP contribution in [0.2, 0.25) is 0 Å². The van der Waals surface area contributed by atoms with Crippen LogP contribution in [0, 0.1) is 5.82 Å². The monoisotopic (exact) mass is 349 g/mol. The van der Waals surface area contributed by atoms with E-state index in [4.69, 9.17) is 10.5 Å². The van der Waals surface area contributed by atoms with Crippen LogP contribution in [0.1, 0.15) is 5.56 Å².